The van der Waals surface area contributed by atoms with Gasteiger partial charge in [0.25, 0.3) is 0 Å². The minimum atomic E-state index is -0.728. The molecule has 4 heterocycles. The minimum Gasteiger partial charge on any atom is -0.463 e. The van der Waals surface area contributed by atoms with Crippen molar-refractivity contribution in [3.8, 4) is 0 Å². The van der Waals surface area contributed by atoms with Crippen molar-refractivity contribution in [3.05, 3.63) is 24.3 Å². The van der Waals surface area contributed by atoms with E-state index in [1.54, 1.807) is 20.8 Å². The highest BCUT2D eigenvalue weighted by molar-refractivity contribution is 5.90. The highest BCUT2D eigenvalue weighted by Gasteiger charge is 2.42. The van der Waals surface area contributed by atoms with Crippen LogP contribution in [0.3, 0.4) is 0 Å². The fraction of sp³-hybridized carbons (Fsp3) is 0.783. The molecule has 60 heavy (non-hydrogen) atoms. The third kappa shape index (κ3) is 18.9. The van der Waals surface area contributed by atoms with Crippen molar-refractivity contribution < 1.29 is 57.2 Å². The molecule has 4 saturated heterocycles. The van der Waals surface area contributed by atoms with Crippen molar-refractivity contribution in [1.29, 1.82) is 0 Å². The number of carbonyl (C=O) groups is 6. The third-order valence-corrected chi connectivity index (χ3v) is 10.7. The normalized spacial score (nSPS) is 22.9. The maximum Gasteiger partial charge on any atom is 0.347 e. The van der Waals surface area contributed by atoms with Crippen LogP contribution in [0.15, 0.2) is 24.3 Å². The highest BCUT2D eigenvalue weighted by atomic mass is 16.6. The Kier molecular flexibility index (Phi) is 19.7. The van der Waals surface area contributed by atoms with E-state index in [1.807, 2.05) is 27.7 Å². The van der Waals surface area contributed by atoms with Crippen molar-refractivity contribution in [1.82, 2.24) is 10.6 Å². The summed E-state index contributed by atoms with van der Waals surface area (Å²) < 4.78 is 30.3. The van der Waals surface area contributed by atoms with Gasteiger partial charge in [-0.15, -0.1) is 0 Å². The first kappa shape index (κ1) is 54.2. The number of esters is 6. The molecule has 14 heteroatoms. The maximum atomic E-state index is 12.1. The first-order valence-corrected chi connectivity index (χ1v) is 21.2. The zero-order valence-electron chi connectivity index (χ0n) is 39.7. The summed E-state index contributed by atoms with van der Waals surface area (Å²) in [4.78, 5) is 67.9. The lowest BCUT2D eigenvalue weighted by atomic mass is 9.80. The van der Waals surface area contributed by atoms with Gasteiger partial charge in [0.1, 0.15) is 12.2 Å². The van der Waals surface area contributed by atoms with Gasteiger partial charge < -0.3 is 39.1 Å². The number of piperidine rings is 2. The zero-order valence-corrected chi connectivity index (χ0v) is 39.7. The van der Waals surface area contributed by atoms with Gasteiger partial charge in [0.2, 0.25) is 12.2 Å². The van der Waals surface area contributed by atoms with Crippen molar-refractivity contribution in [3.63, 3.8) is 0 Å². The van der Waals surface area contributed by atoms with Crippen LogP contribution in [-0.2, 0) is 57.2 Å². The summed E-state index contributed by atoms with van der Waals surface area (Å²) in [5.74, 6) is -2.11. The Bertz CT molecular complexity index is 1530. The molecule has 0 amide bonds. The van der Waals surface area contributed by atoms with Crippen LogP contribution in [0.5, 0.6) is 0 Å². The van der Waals surface area contributed by atoms with Crippen LogP contribution in [0.2, 0.25) is 0 Å². The molecule has 344 valence electrons. The Balaban J connectivity index is 0.000000404. The van der Waals surface area contributed by atoms with Crippen LogP contribution in [0.1, 0.15) is 162 Å². The summed E-state index contributed by atoms with van der Waals surface area (Å²) in [6.07, 6.45) is 4.45. The molecule has 4 fully saturated rings. The van der Waals surface area contributed by atoms with E-state index in [-0.39, 0.29) is 63.3 Å². The summed E-state index contributed by atoms with van der Waals surface area (Å²) in [6, 6.07) is 0. The monoisotopic (exact) mass is 851 g/mol. The second-order valence-electron chi connectivity index (χ2n) is 20.4. The smallest absolute Gasteiger partial charge is 0.347 e. The summed E-state index contributed by atoms with van der Waals surface area (Å²) in [6.45, 7) is 39.5. The van der Waals surface area contributed by atoms with E-state index in [9.17, 15) is 28.8 Å². The molecule has 0 saturated carbocycles. The molecule has 0 aromatic rings. The lowest BCUT2D eigenvalue weighted by molar-refractivity contribution is -0.167. The average Bonchev–Trinajstić information content (AvgIpc) is 3.68. The molecule has 4 rings (SSSR count). The van der Waals surface area contributed by atoms with Gasteiger partial charge in [0.05, 0.1) is 24.0 Å². The zero-order chi connectivity index (χ0) is 46.7. The molecule has 2 atom stereocenters. The van der Waals surface area contributed by atoms with Gasteiger partial charge in [-0.3, -0.25) is 9.59 Å². The Morgan fingerprint density at radius 2 is 0.883 bits per heavy atom. The van der Waals surface area contributed by atoms with E-state index in [0.29, 0.717) is 38.0 Å². The minimum absolute atomic E-state index is 0.00176. The first-order valence-electron chi connectivity index (χ1n) is 21.2. The predicted molar refractivity (Wildman–Crippen MR) is 229 cm³/mol. The van der Waals surface area contributed by atoms with E-state index in [2.05, 4.69) is 83.9 Å². The van der Waals surface area contributed by atoms with Crippen molar-refractivity contribution in [2.24, 2.45) is 10.8 Å². The molecular formula is C46H78N2O12. The van der Waals surface area contributed by atoms with Gasteiger partial charge in [-0.2, -0.15) is 0 Å². The summed E-state index contributed by atoms with van der Waals surface area (Å²) in [7, 11) is 0. The van der Waals surface area contributed by atoms with Gasteiger partial charge >= 0.3 is 35.8 Å². The van der Waals surface area contributed by atoms with E-state index in [0.717, 1.165) is 32.1 Å². The third-order valence-electron chi connectivity index (χ3n) is 10.7. The molecule has 2 unspecified atom stereocenters. The quantitative estimate of drug-likeness (QED) is 0.126. The van der Waals surface area contributed by atoms with Crippen LogP contribution in [0, 0.1) is 10.8 Å². The van der Waals surface area contributed by atoms with Gasteiger partial charge in [0, 0.05) is 71.8 Å². The molecule has 0 bridgehead atoms. The van der Waals surface area contributed by atoms with Crippen LogP contribution in [-0.4, -0.2) is 95.6 Å². The predicted octanol–water partition coefficient (Wildman–Crippen LogP) is 7.39. The average molecular weight is 851 g/mol. The van der Waals surface area contributed by atoms with Crippen molar-refractivity contribution >= 4 is 35.8 Å². The number of carbonyl (C=O) groups excluding carboxylic acids is 6. The van der Waals surface area contributed by atoms with Crippen molar-refractivity contribution in [2.45, 2.75) is 209 Å². The van der Waals surface area contributed by atoms with E-state index < -0.39 is 35.5 Å². The maximum absolute atomic E-state index is 12.1. The number of hydrogen-bond donors (Lipinski definition) is 2. The molecule has 0 radical (unpaired) electrons. The topological polar surface area (TPSA) is 182 Å². The van der Waals surface area contributed by atoms with Gasteiger partial charge in [-0.1, -0.05) is 27.0 Å². The van der Waals surface area contributed by atoms with Crippen LogP contribution < -0.4 is 10.6 Å². The Hall–Kier alpha value is -3.78. The van der Waals surface area contributed by atoms with Crippen LogP contribution in [0.25, 0.3) is 0 Å². The molecule has 14 nitrogen and oxygen atoms in total. The summed E-state index contributed by atoms with van der Waals surface area (Å²) >= 11 is 0. The Morgan fingerprint density at radius 1 is 0.583 bits per heavy atom. The summed E-state index contributed by atoms with van der Waals surface area (Å²) in [5.41, 5.74) is -0.110. The van der Waals surface area contributed by atoms with Crippen LogP contribution >= 0.6 is 0 Å². The molecule has 4 aliphatic heterocycles. The number of hydrogen-bond acceptors (Lipinski definition) is 14. The van der Waals surface area contributed by atoms with Crippen LogP contribution in [0.4, 0.5) is 0 Å². The summed E-state index contributed by atoms with van der Waals surface area (Å²) in [5, 5.41) is 7.15. The first-order chi connectivity index (χ1) is 27.2. The Morgan fingerprint density at radius 3 is 1.18 bits per heavy atom. The molecule has 2 N–H and O–H groups in total. The molecule has 4 aliphatic rings. The van der Waals surface area contributed by atoms with E-state index >= 15 is 0 Å². The lowest BCUT2D eigenvalue weighted by Gasteiger charge is -2.46. The largest absolute Gasteiger partial charge is 0.463 e. The number of nitrogens with one attached hydrogen (secondary N) is 2. The second kappa shape index (κ2) is 21.8. The molecule has 0 aliphatic carbocycles. The number of cyclic esters (lactones) is 2. The highest BCUT2D eigenvalue weighted by Crippen LogP contribution is 2.33. The van der Waals surface area contributed by atoms with Gasteiger partial charge in [-0.25, -0.2) is 19.2 Å². The number of rotatable bonds is 10. The van der Waals surface area contributed by atoms with Gasteiger partial charge in [-0.05, 0) is 110 Å². The molecule has 0 spiro atoms. The lowest BCUT2D eigenvalue weighted by Crippen LogP contribution is -2.60. The molecule has 0 aromatic carbocycles. The molecule has 0 aromatic heterocycles. The molecular weight excluding hydrogens is 773 g/mol. The van der Waals surface area contributed by atoms with Crippen molar-refractivity contribution in [2.75, 3.05) is 13.2 Å². The Labute approximate surface area is 360 Å². The van der Waals surface area contributed by atoms with E-state index in [4.69, 9.17) is 23.7 Å². The SMILES string of the molecule is C=C(C)C(=O)OC1CC(C)(C)NC(C)(C)C1.C=C(C)C(=O)OC1CCOC1=O.CCC(C)(C)C(=O)OC1CC(C)(C)NC(C)(C)C1.CCC(C)(C)C(=O)OC1CCOC1=O. The fourth-order valence-electron chi connectivity index (χ4n) is 7.16. The number of ether oxygens (including phenoxy) is 6. The second-order valence-corrected chi connectivity index (χ2v) is 20.4. The standard InChI is InChI=1S/C15H29NO2.C13H23NO2.C10H16O4.C8H10O4/c1-8-13(2,3)12(17)18-11-9-14(4,5)16-15(6,7)10-11;1-9(2)11(15)16-10-7-12(3,4)14-13(5,6)8-10;1-4-10(2,3)9(12)14-7-5-6-13-8(7)11;1-5(2)7(9)12-6-3-4-11-8(6)10/h11,16H,8-10H2,1-7H3;10,14H,1,7-8H2,2-6H3;7H,4-6H2,1-3H3;6H,1,3-4H2,2H3. The van der Waals surface area contributed by atoms with E-state index in [1.165, 1.54) is 6.92 Å². The fourth-order valence-corrected chi connectivity index (χ4v) is 7.16. The van der Waals surface area contributed by atoms with Gasteiger partial charge in [0.15, 0.2) is 0 Å².